The highest BCUT2D eigenvalue weighted by atomic mass is 16.7. The molecule has 2 heterocycles. The summed E-state index contributed by atoms with van der Waals surface area (Å²) in [6, 6.07) is 4.95. The smallest absolute Gasteiger partial charge is 0.489 e. The Morgan fingerprint density at radius 2 is 1.89 bits per heavy atom. The molecule has 3 rings (SSSR count). The average Bonchev–Trinajstić information content (AvgIpc) is 3.08. The van der Waals surface area contributed by atoms with Crippen LogP contribution in [0.3, 0.4) is 0 Å². The summed E-state index contributed by atoms with van der Waals surface area (Å²) in [5.74, 6) is -1.34. The van der Waals surface area contributed by atoms with E-state index in [9.17, 15) is 19.5 Å². The second-order valence-electron chi connectivity index (χ2n) is 8.43. The van der Waals surface area contributed by atoms with Crippen molar-refractivity contribution in [3.63, 3.8) is 0 Å². The van der Waals surface area contributed by atoms with E-state index in [4.69, 9.17) is 18.9 Å². The lowest BCUT2D eigenvalue weighted by Gasteiger charge is -2.47. The maximum absolute atomic E-state index is 13.1. The van der Waals surface area contributed by atoms with E-state index in [1.807, 2.05) is 13.8 Å². The number of aliphatic hydroxyl groups excluding tert-OH is 1. The lowest BCUT2D eigenvalue weighted by Crippen LogP contribution is -2.64. The molecule has 188 valence electrons. The van der Waals surface area contributed by atoms with Gasteiger partial charge in [0.25, 0.3) is 0 Å². The Morgan fingerprint density at radius 3 is 2.54 bits per heavy atom. The lowest BCUT2D eigenvalue weighted by molar-refractivity contribution is -0.164. The van der Waals surface area contributed by atoms with Crippen LogP contribution in [0.15, 0.2) is 54.8 Å². The van der Waals surface area contributed by atoms with Crippen molar-refractivity contribution in [3.05, 3.63) is 65.9 Å². The fourth-order valence-corrected chi connectivity index (χ4v) is 4.54. The number of hydrogen-bond acceptors (Lipinski definition) is 8. The zero-order chi connectivity index (χ0) is 25.7. The highest BCUT2D eigenvalue weighted by molar-refractivity contribution is 6.01. The van der Waals surface area contributed by atoms with E-state index < -0.39 is 30.2 Å². The van der Waals surface area contributed by atoms with Crippen molar-refractivity contribution in [2.75, 3.05) is 19.8 Å². The van der Waals surface area contributed by atoms with Gasteiger partial charge in [-0.3, -0.25) is 4.79 Å². The molecule has 0 spiro atoms. The van der Waals surface area contributed by atoms with Crippen LogP contribution in [0, 0.1) is 18.8 Å². The minimum Gasteiger partial charge on any atom is -0.489 e. The molecule has 0 aromatic heterocycles. The molecule has 3 unspecified atom stereocenters. The van der Waals surface area contributed by atoms with Crippen LogP contribution in [0.1, 0.15) is 25.0 Å². The van der Waals surface area contributed by atoms with Crippen LogP contribution in [0.5, 0.6) is 5.75 Å². The predicted molar refractivity (Wildman–Crippen MR) is 126 cm³/mol. The van der Waals surface area contributed by atoms with Gasteiger partial charge in [0.1, 0.15) is 37.4 Å². The molecule has 35 heavy (non-hydrogen) atoms. The van der Waals surface area contributed by atoms with Gasteiger partial charge in [-0.1, -0.05) is 44.4 Å². The number of nitrogens with zero attached hydrogens (tertiary/aromatic N) is 1. The summed E-state index contributed by atoms with van der Waals surface area (Å²) >= 11 is 0. The number of esters is 1. The number of benzene rings is 1. The van der Waals surface area contributed by atoms with Gasteiger partial charge in [-0.15, -0.1) is 0 Å². The van der Waals surface area contributed by atoms with Crippen LogP contribution in [0.25, 0.3) is 0 Å². The second kappa shape index (κ2) is 11.2. The van der Waals surface area contributed by atoms with Gasteiger partial charge >= 0.3 is 12.1 Å². The second-order valence-corrected chi connectivity index (χ2v) is 8.43. The van der Waals surface area contributed by atoms with E-state index in [1.165, 1.54) is 17.1 Å². The summed E-state index contributed by atoms with van der Waals surface area (Å²) in [5.41, 5.74) is 2.27. The normalized spacial score (nSPS) is 21.5. The fraction of sp³-hybridized carbons (Fsp3) is 0.423. The Kier molecular flexibility index (Phi) is 8.34. The molecular formula is C26H31NO8. The first-order valence-corrected chi connectivity index (χ1v) is 11.4. The third kappa shape index (κ3) is 5.09. The standard InChI is InChI=1S/C26H31NO8/c1-6-11-32-25(30)23-19(14-34-20-10-8-9-18(13-28)15(20)3)16(4)22-21(24(29)27(22)23)17(5)35-26(31)33-12-7-2/h6-10,16-17,21-22,28H,1-2,11-14H2,3-5H3/t16?,17?,21?,22-/m1/s1. The van der Waals surface area contributed by atoms with E-state index in [0.29, 0.717) is 11.3 Å². The lowest BCUT2D eigenvalue weighted by atomic mass is 9.77. The molecule has 0 saturated carbocycles. The zero-order valence-corrected chi connectivity index (χ0v) is 20.2. The van der Waals surface area contributed by atoms with Gasteiger partial charge < -0.3 is 29.0 Å². The van der Waals surface area contributed by atoms with Gasteiger partial charge in [0.05, 0.1) is 18.6 Å². The predicted octanol–water partition coefficient (Wildman–Crippen LogP) is 3.05. The SMILES string of the molecule is C=CCOC(=O)OC(C)C1C(=O)N2C(C(=O)OCC=C)=C(COc3cccc(CO)c3C)C(C)[C@H]12. The summed E-state index contributed by atoms with van der Waals surface area (Å²) in [5, 5.41) is 9.53. The van der Waals surface area contributed by atoms with Crippen molar-refractivity contribution in [1.82, 2.24) is 4.90 Å². The highest BCUT2D eigenvalue weighted by Gasteiger charge is 2.61. The van der Waals surface area contributed by atoms with Gasteiger partial charge in [-0.05, 0) is 31.0 Å². The summed E-state index contributed by atoms with van der Waals surface area (Å²) in [4.78, 5) is 39.3. The minimum absolute atomic E-state index is 0.00461. The van der Waals surface area contributed by atoms with Crippen molar-refractivity contribution in [2.24, 2.45) is 11.8 Å². The summed E-state index contributed by atoms with van der Waals surface area (Å²) in [7, 11) is 0. The quantitative estimate of drug-likeness (QED) is 0.289. The molecule has 1 N–H and O–H groups in total. The monoisotopic (exact) mass is 485 g/mol. The first-order valence-electron chi connectivity index (χ1n) is 11.4. The summed E-state index contributed by atoms with van der Waals surface area (Å²) < 4.78 is 21.4. The van der Waals surface area contributed by atoms with E-state index in [-0.39, 0.29) is 43.9 Å². The average molecular weight is 486 g/mol. The molecule has 2 aliphatic heterocycles. The van der Waals surface area contributed by atoms with E-state index in [2.05, 4.69) is 13.2 Å². The largest absolute Gasteiger partial charge is 0.508 e. The molecule has 0 aliphatic carbocycles. The number of β-lactam (4-membered cyclic amide) rings is 1. The highest BCUT2D eigenvalue weighted by Crippen LogP contribution is 2.48. The molecule has 1 aromatic rings. The Bertz CT molecular complexity index is 1050. The molecule has 1 amide bonds. The molecule has 1 aromatic carbocycles. The Hall–Kier alpha value is -3.59. The van der Waals surface area contributed by atoms with Crippen molar-refractivity contribution in [3.8, 4) is 5.75 Å². The van der Waals surface area contributed by atoms with Crippen LogP contribution in [-0.2, 0) is 30.4 Å². The third-order valence-electron chi connectivity index (χ3n) is 6.38. The van der Waals surface area contributed by atoms with Gasteiger partial charge in [-0.25, -0.2) is 9.59 Å². The van der Waals surface area contributed by atoms with Crippen LogP contribution < -0.4 is 4.74 Å². The Labute approximate surface area is 204 Å². The maximum Gasteiger partial charge on any atom is 0.508 e. The number of amides is 1. The molecule has 9 nitrogen and oxygen atoms in total. The zero-order valence-electron chi connectivity index (χ0n) is 20.2. The number of carbonyl (C=O) groups excluding carboxylic acids is 3. The van der Waals surface area contributed by atoms with Crippen LogP contribution >= 0.6 is 0 Å². The van der Waals surface area contributed by atoms with E-state index in [1.54, 1.807) is 25.1 Å². The first-order chi connectivity index (χ1) is 16.8. The number of ether oxygens (including phenoxy) is 4. The van der Waals surface area contributed by atoms with Crippen molar-refractivity contribution in [2.45, 2.75) is 39.5 Å². The summed E-state index contributed by atoms with van der Waals surface area (Å²) in [6.45, 7) is 12.3. The summed E-state index contributed by atoms with van der Waals surface area (Å²) in [6.07, 6.45) is 1.20. The van der Waals surface area contributed by atoms with Gasteiger partial charge in [0, 0.05) is 11.5 Å². The molecule has 1 saturated heterocycles. The minimum atomic E-state index is -0.893. The van der Waals surface area contributed by atoms with Crippen LogP contribution in [-0.4, -0.2) is 60.0 Å². The van der Waals surface area contributed by atoms with Gasteiger partial charge in [0.2, 0.25) is 5.91 Å². The number of hydrogen-bond donors (Lipinski definition) is 1. The topological polar surface area (TPSA) is 112 Å². The molecule has 0 radical (unpaired) electrons. The van der Waals surface area contributed by atoms with Crippen molar-refractivity contribution < 1.29 is 38.4 Å². The molecular weight excluding hydrogens is 454 g/mol. The van der Waals surface area contributed by atoms with Crippen LogP contribution in [0.4, 0.5) is 4.79 Å². The molecule has 2 aliphatic rings. The fourth-order valence-electron chi connectivity index (χ4n) is 4.54. The molecule has 4 atom stereocenters. The first kappa shape index (κ1) is 26.0. The number of carbonyl (C=O) groups is 3. The number of fused-ring (bicyclic) bond motifs is 1. The molecule has 0 bridgehead atoms. The van der Waals surface area contributed by atoms with Crippen LogP contribution in [0.2, 0.25) is 0 Å². The van der Waals surface area contributed by atoms with Gasteiger partial charge in [-0.2, -0.15) is 0 Å². The van der Waals surface area contributed by atoms with E-state index in [0.717, 1.165) is 11.1 Å². The van der Waals surface area contributed by atoms with Crippen molar-refractivity contribution >= 4 is 18.0 Å². The number of rotatable bonds is 11. The van der Waals surface area contributed by atoms with Crippen molar-refractivity contribution in [1.29, 1.82) is 0 Å². The Morgan fingerprint density at radius 1 is 1.20 bits per heavy atom. The Balaban J connectivity index is 1.84. The molecule has 1 fully saturated rings. The third-order valence-corrected chi connectivity index (χ3v) is 6.38. The maximum atomic E-state index is 13.1. The molecule has 9 heteroatoms. The van der Waals surface area contributed by atoms with E-state index >= 15 is 0 Å². The van der Waals surface area contributed by atoms with Gasteiger partial charge in [0.15, 0.2) is 0 Å². The number of aliphatic hydroxyl groups is 1.